The molecular weight excluding hydrogens is 316 g/mol. The summed E-state index contributed by atoms with van der Waals surface area (Å²) in [5, 5.41) is 0.641. The van der Waals surface area contributed by atoms with E-state index >= 15 is 0 Å². The van der Waals surface area contributed by atoms with E-state index in [-0.39, 0.29) is 24.0 Å². The van der Waals surface area contributed by atoms with Crippen LogP contribution in [-0.4, -0.2) is 60.0 Å². The van der Waals surface area contributed by atoms with Gasteiger partial charge in [0.2, 0.25) is 0 Å². The molecule has 2 saturated heterocycles. The number of benzene rings is 1. The molecular formula is C17H23ClN2O3. The van der Waals surface area contributed by atoms with Crippen LogP contribution in [0.15, 0.2) is 24.3 Å². The molecule has 0 radical (unpaired) electrons. The predicted molar refractivity (Wildman–Crippen MR) is 88.4 cm³/mol. The zero-order valence-corrected chi connectivity index (χ0v) is 14.5. The predicted octanol–water partition coefficient (Wildman–Crippen LogP) is 2.60. The minimum Gasteiger partial charge on any atom is -0.343 e. The summed E-state index contributed by atoms with van der Waals surface area (Å²) in [5.41, 5.74) is 0.477. The first-order chi connectivity index (χ1) is 10.8. The highest BCUT2D eigenvalue weighted by molar-refractivity contribution is 6.30. The number of amides is 1. The zero-order valence-electron chi connectivity index (χ0n) is 13.8. The fraction of sp³-hybridized carbons (Fsp3) is 0.588. The van der Waals surface area contributed by atoms with Crippen molar-refractivity contribution < 1.29 is 14.3 Å². The van der Waals surface area contributed by atoms with Gasteiger partial charge in [0.1, 0.15) is 0 Å². The number of hydrogen-bond donors (Lipinski definition) is 0. The SMILES string of the molecule is CC(C)(C)OC1OC1N1CCN(C(=O)c2ccc(Cl)cc2)CC1. The third-order valence-electron chi connectivity index (χ3n) is 3.95. The maximum Gasteiger partial charge on any atom is 0.253 e. The molecule has 0 bridgehead atoms. The smallest absolute Gasteiger partial charge is 0.253 e. The highest BCUT2D eigenvalue weighted by Gasteiger charge is 2.47. The average molecular weight is 339 g/mol. The van der Waals surface area contributed by atoms with Gasteiger partial charge < -0.3 is 14.4 Å². The van der Waals surface area contributed by atoms with Gasteiger partial charge in [-0.15, -0.1) is 0 Å². The van der Waals surface area contributed by atoms with Crippen molar-refractivity contribution in [1.29, 1.82) is 0 Å². The van der Waals surface area contributed by atoms with Crippen molar-refractivity contribution in [3.05, 3.63) is 34.9 Å². The summed E-state index contributed by atoms with van der Waals surface area (Å²) in [6.07, 6.45) is -0.115. The molecule has 2 fully saturated rings. The Morgan fingerprint density at radius 1 is 1.17 bits per heavy atom. The largest absolute Gasteiger partial charge is 0.343 e. The first kappa shape index (κ1) is 16.7. The Morgan fingerprint density at radius 3 is 2.35 bits per heavy atom. The van der Waals surface area contributed by atoms with Gasteiger partial charge in [0.05, 0.1) is 5.60 Å². The van der Waals surface area contributed by atoms with Gasteiger partial charge in [0, 0.05) is 36.8 Å². The molecule has 23 heavy (non-hydrogen) atoms. The highest BCUT2D eigenvalue weighted by atomic mass is 35.5. The van der Waals surface area contributed by atoms with Gasteiger partial charge in [0.25, 0.3) is 5.91 Å². The van der Waals surface area contributed by atoms with Crippen LogP contribution in [0.4, 0.5) is 0 Å². The van der Waals surface area contributed by atoms with Crippen molar-refractivity contribution in [1.82, 2.24) is 9.80 Å². The molecule has 6 heteroatoms. The number of rotatable bonds is 3. The summed E-state index contributed by atoms with van der Waals surface area (Å²) < 4.78 is 11.4. The molecule has 0 spiro atoms. The molecule has 2 heterocycles. The van der Waals surface area contributed by atoms with Gasteiger partial charge in [0.15, 0.2) is 12.5 Å². The fourth-order valence-corrected chi connectivity index (χ4v) is 2.87. The van der Waals surface area contributed by atoms with E-state index in [9.17, 15) is 4.79 Å². The first-order valence-electron chi connectivity index (χ1n) is 7.96. The van der Waals surface area contributed by atoms with Crippen LogP contribution in [-0.2, 0) is 9.47 Å². The fourth-order valence-electron chi connectivity index (χ4n) is 2.74. The van der Waals surface area contributed by atoms with Crippen LogP contribution in [0.1, 0.15) is 31.1 Å². The maximum absolute atomic E-state index is 12.5. The van der Waals surface area contributed by atoms with E-state index < -0.39 is 0 Å². The Kier molecular flexibility index (Phi) is 4.65. The van der Waals surface area contributed by atoms with E-state index in [0.717, 1.165) is 13.1 Å². The van der Waals surface area contributed by atoms with E-state index in [4.69, 9.17) is 21.1 Å². The topological polar surface area (TPSA) is 45.3 Å². The number of halogens is 1. The summed E-state index contributed by atoms with van der Waals surface area (Å²) in [7, 11) is 0. The molecule has 5 nitrogen and oxygen atoms in total. The lowest BCUT2D eigenvalue weighted by molar-refractivity contribution is -0.0579. The Hall–Kier alpha value is -1.14. The van der Waals surface area contributed by atoms with Gasteiger partial charge >= 0.3 is 0 Å². The van der Waals surface area contributed by atoms with Crippen LogP contribution in [0.2, 0.25) is 5.02 Å². The van der Waals surface area contributed by atoms with Gasteiger partial charge in [-0.2, -0.15) is 0 Å². The molecule has 2 atom stereocenters. The van der Waals surface area contributed by atoms with Crippen LogP contribution in [0.5, 0.6) is 0 Å². The lowest BCUT2D eigenvalue weighted by atomic mass is 10.2. The Bertz CT molecular complexity index is 562. The van der Waals surface area contributed by atoms with Gasteiger partial charge in [-0.3, -0.25) is 9.69 Å². The molecule has 0 aliphatic carbocycles. The second-order valence-corrected chi connectivity index (χ2v) is 7.40. The van der Waals surface area contributed by atoms with Gasteiger partial charge in [-0.1, -0.05) is 11.6 Å². The monoisotopic (exact) mass is 338 g/mol. The quantitative estimate of drug-likeness (QED) is 0.795. The normalized spacial score (nSPS) is 25.5. The molecule has 0 aromatic heterocycles. The van der Waals surface area contributed by atoms with E-state index in [1.54, 1.807) is 24.3 Å². The van der Waals surface area contributed by atoms with E-state index in [1.807, 2.05) is 25.7 Å². The third-order valence-corrected chi connectivity index (χ3v) is 4.20. The molecule has 2 aliphatic heterocycles. The summed E-state index contributed by atoms with van der Waals surface area (Å²) >= 11 is 5.87. The van der Waals surface area contributed by atoms with Crippen molar-refractivity contribution in [3.63, 3.8) is 0 Å². The number of epoxide rings is 1. The summed E-state index contributed by atoms with van der Waals surface area (Å²) in [6, 6.07) is 7.04. The van der Waals surface area contributed by atoms with Crippen molar-refractivity contribution in [2.75, 3.05) is 26.2 Å². The molecule has 0 saturated carbocycles. The number of piperazine rings is 1. The minimum absolute atomic E-state index is 0.0296. The average Bonchev–Trinajstić information content (AvgIpc) is 3.24. The van der Waals surface area contributed by atoms with Crippen molar-refractivity contribution >= 4 is 17.5 Å². The molecule has 1 aromatic carbocycles. The number of hydrogen-bond acceptors (Lipinski definition) is 4. The third kappa shape index (κ3) is 4.23. The Balaban J connectivity index is 1.49. The van der Waals surface area contributed by atoms with Crippen LogP contribution in [0.3, 0.4) is 0 Å². The molecule has 126 valence electrons. The highest BCUT2D eigenvalue weighted by Crippen LogP contribution is 2.31. The van der Waals surface area contributed by atoms with E-state index in [2.05, 4.69) is 4.90 Å². The van der Waals surface area contributed by atoms with Crippen LogP contribution < -0.4 is 0 Å². The number of carbonyl (C=O) groups excluding carboxylic acids is 1. The number of carbonyl (C=O) groups is 1. The standard InChI is InChI=1S/C17H23ClN2O3/c1-17(2,3)23-16-15(22-16)20-10-8-19(9-11-20)14(21)12-4-6-13(18)7-5-12/h4-7,15-16H,8-11H2,1-3H3. The zero-order chi connectivity index (χ0) is 16.6. The minimum atomic E-state index is -0.203. The molecule has 3 rings (SSSR count). The van der Waals surface area contributed by atoms with Crippen LogP contribution >= 0.6 is 11.6 Å². The number of nitrogens with zero attached hydrogens (tertiary/aromatic N) is 2. The summed E-state index contributed by atoms with van der Waals surface area (Å²) in [5.74, 6) is 0.0560. The Labute approximate surface area is 142 Å². The second-order valence-electron chi connectivity index (χ2n) is 6.96. The van der Waals surface area contributed by atoms with Crippen molar-refractivity contribution in [2.24, 2.45) is 0 Å². The summed E-state index contributed by atoms with van der Waals surface area (Å²) in [4.78, 5) is 16.6. The molecule has 1 aromatic rings. The molecule has 2 aliphatic rings. The molecule has 2 unspecified atom stereocenters. The van der Waals surface area contributed by atoms with Crippen LogP contribution in [0, 0.1) is 0 Å². The van der Waals surface area contributed by atoms with Crippen molar-refractivity contribution in [2.45, 2.75) is 38.9 Å². The second kappa shape index (κ2) is 6.40. The van der Waals surface area contributed by atoms with E-state index in [0.29, 0.717) is 23.7 Å². The van der Waals surface area contributed by atoms with Crippen LogP contribution in [0.25, 0.3) is 0 Å². The molecule has 0 N–H and O–H groups in total. The number of ether oxygens (including phenoxy) is 2. The lowest BCUT2D eigenvalue weighted by Gasteiger charge is -2.34. The van der Waals surface area contributed by atoms with E-state index in [1.165, 1.54) is 0 Å². The summed E-state index contributed by atoms with van der Waals surface area (Å²) in [6.45, 7) is 9.06. The maximum atomic E-state index is 12.5. The first-order valence-corrected chi connectivity index (χ1v) is 8.33. The van der Waals surface area contributed by atoms with Gasteiger partial charge in [-0.25, -0.2) is 0 Å². The van der Waals surface area contributed by atoms with Gasteiger partial charge in [-0.05, 0) is 45.0 Å². The molecule has 1 amide bonds. The lowest BCUT2D eigenvalue weighted by Crippen LogP contribution is -2.50. The Morgan fingerprint density at radius 2 is 1.78 bits per heavy atom. The van der Waals surface area contributed by atoms with Crippen molar-refractivity contribution in [3.8, 4) is 0 Å².